The average molecular weight is 441 g/mol. The molecule has 1 saturated heterocycles. The first kappa shape index (κ1) is 23.0. The highest BCUT2D eigenvalue weighted by Gasteiger charge is 2.30. The van der Waals surface area contributed by atoms with Gasteiger partial charge in [0.05, 0.1) is 5.69 Å². The van der Waals surface area contributed by atoms with Gasteiger partial charge in [0, 0.05) is 31.5 Å². The predicted octanol–water partition coefficient (Wildman–Crippen LogP) is 1.63. The van der Waals surface area contributed by atoms with Gasteiger partial charge in [0.1, 0.15) is 5.82 Å². The number of anilines is 3. The summed E-state index contributed by atoms with van der Waals surface area (Å²) in [6, 6.07) is 6.04. The Labute approximate surface area is 184 Å². The Morgan fingerprint density at radius 2 is 1.66 bits per heavy atom. The lowest BCUT2D eigenvalue weighted by atomic mass is 10.1. The number of carbonyl (C=O) groups excluding carboxylic acids is 3. The van der Waals surface area contributed by atoms with Crippen LogP contribution in [0.2, 0.25) is 0 Å². The van der Waals surface area contributed by atoms with E-state index in [-0.39, 0.29) is 48.3 Å². The molecule has 0 atom stereocenters. The summed E-state index contributed by atoms with van der Waals surface area (Å²) in [7, 11) is 0. The quantitative estimate of drug-likeness (QED) is 0.597. The predicted molar refractivity (Wildman–Crippen MR) is 121 cm³/mol. The Kier molecular flexibility index (Phi) is 6.92. The minimum absolute atomic E-state index is 0.0566. The fourth-order valence-corrected chi connectivity index (χ4v) is 3.69. The highest BCUT2D eigenvalue weighted by molar-refractivity contribution is 6.20. The minimum atomic E-state index is -0.730. The average Bonchev–Trinajstić information content (AvgIpc) is 3.10. The monoisotopic (exact) mass is 441 g/mol. The van der Waals surface area contributed by atoms with E-state index in [1.54, 1.807) is 0 Å². The van der Waals surface area contributed by atoms with E-state index in [0.29, 0.717) is 25.1 Å². The molecule has 1 aromatic heterocycles. The van der Waals surface area contributed by atoms with Crippen molar-refractivity contribution >= 4 is 34.9 Å². The maximum atomic E-state index is 13.3. The number of amides is 3. The number of aromatic amines is 1. The number of unbranched alkanes of at least 4 members (excludes halogenated alkanes) is 1. The molecule has 1 aliphatic heterocycles. The number of carbonyl (C=O) groups is 3. The topological polar surface area (TPSA) is 139 Å². The molecule has 0 aliphatic carbocycles. The molecule has 0 unspecified atom stereocenters. The summed E-state index contributed by atoms with van der Waals surface area (Å²) in [6.07, 6.45) is 2.39. The number of nitrogens with two attached hydrogens (primary N) is 1. The van der Waals surface area contributed by atoms with Crippen molar-refractivity contribution in [3.05, 3.63) is 50.7 Å². The van der Waals surface area contributed by atoms with E-state index in [1.807, 2.05) is 13.8 Å². The molecule has 10 nitrogen and oxygen atoms in total. The standard InChI is InChI=1S/C22H27N5O5/c1-3-5-13-26-19(23)18(20(30)24-22(26)32)25(12-4-2)21(31)14-6-8-15(9-7-14)27-16(28)10-11-17(27)29/h6-9H,3-5,10-13,23H2,1-2H3,(H,24,30,32). The fourth-order valence-electron chi connectivity index (χ4n) is 3.69. The maximum Gasteiger partial charge on any atom is 0.330 e. The van der Waals surface area contributed by atoms with Gasteiger partial charge in [0.15, 0.2) is 5.69 Å². The van der Waals surface area contributed by atoms with Gasteiger partial charge < -0.3 is 10.6 Å². The number of rotatable bonds is 8. The second-order valence-corrected chi connectivity index (χ2v) is 7.62. The number of hydrogen-bond acceptors (Lipinski definition) is 6. The number of nitrogens with zero attached hydrogens (tertiary/aromatic N) is 3. The van der Waals surface area contributed by atoms with Crippen LogP contribution in [0.25, 0.3) is 0 Å². The van der Waals surface area contributed by atoms with Gasteiger partial charge in [-0.05, 0) is 37.1 Å². The molecular weight excluding hydrogens is 414 g/mol. The van der Waals surface area contributed by atoms with Crippen LogP contribution in [0.5, 0.6) is 0 Å². The number of aromatic nitrogens is 2. The van der Waals surface area contributed by atoms with Crippen molar-refractivity contribution < 1.29 is 14.4 Å². The van der Waals surface area contributed by atoms with Crippen LogP contribution in [0, 0.1) is 0 Å². The molecular formula is C22H27N5O5. The fraction of sp³-hybridized carbons (Fsp3) is 0.409. The molecule has 0 saturated carbocycles. The van der Waals surface area contributed by atoms with E-state index in [9.17, 15) is 24.0 Å². The van der Waals surface area contributed by atoms with Gasteiger partial charge in [-0.1, -0.05) is 20.3 Å². The smallest absolute Gasteiger partial charge is 0.330 e. The summed E-state index contributed by atoms with van der Waals surface area (Å²) in [5.41, 5.74) is 5.41. The molecule has 2 heterocycles. The zero-order chi connectivity index (χ0) is 23.4. The minimum Gasteiger partial charge on any atom is -0.383 e. The lowest BCUT2D eigenvalue weighted by Crippen LogP contribution is -2.41. The van der Waals surface area contributed by atoms with Gasteiger partial charge in [-0.15, -0.1) is 0 Å². The summed E-state index contributed by atoms with van der Waals surface area (Å²) in [4.78, 5) is 66.6. The molecule has 0 radical (unpaired) electrons. The number of benzene rings is 1. The van der Waals surface area contributed by atoms with E-state index in [0.717, 1.165) is 11.3 Å². The van der Waals surface area contributed by atoms with Gasteiger partial charge in [0.2, 0.25) is 11.8 Å². The number of nitrogens with one attached hydrogen (secondary N) is 1. The third-order valence-corrected chi connectivity index (χ3v) is 5.34. The van der Waals surface area contributed by atoms with Crippen LogP contribution in [0.4, 0.5) is 17.2 Å². The van der Waals surface area contributed by atoms with Crippen molar-refractivity contribution in [2.75, 3.05) is 22.1 Å². The molecule has 3 amide bonds. The van der Waals surface area contributed by atoms with Crippen molar-refractivity contribution in [2.24, 2.45) is 0 Å². The van der Waals surface area contributed by atoms with Crippen molar-refractivity contribution in [2.45, 2.75) is 52.5 Å². The van der Waals surface area contributed by atoms with Crippen LogP contribution in [0.3, 0.4) is 0 Å². The second-order valence-electron chi connectivity index (χ2n) is 7.62. The zero-order valence-corrected chi connectivity index (χ0v) is 18.2. The van der Waals surface area contributed by atoms with Crippen molar-refractivity contribution in [1.29, 1.82) is 0 Å². The second kappa shape index (κ2) is 9.63. The van der Waals surface area contributed by atoms with Gasteiger partial charge in [-0.3, -0.25) is 33.6 Å². The lowest BCUT2D eigenvalue weighted by molar-refractivity contribution is -0.121. The van der Waals surface area contributed by atoms with E-state index < -0.39 is 17.2 Å². The molecule has 32 heavy (non-hydrogen) atoms. The van der Waals surface area contributed by atoms with Crippen LogP contribution in [0.15, 0.2) is 33.9 Å². The number of imide groups is 1. The van der Waals surface area contributed by atoms with E-state index in [1.165, 1.54) is 33.7 Å². The van der Waals surface area contributed by atoms with Crippen LogP contribution in [-0.2, 0) is 16.1 Å². The normalized spacial score (nSPS) is 13.6. The third-order valence-electron chi connectivity index (χ3n) is 5.34. The number of nitrogen functional groups attached to an aromatic ring is 1. The Morgan fingerprint density at radius 1 is 1.03 bits per heavy atom. The molecule has 10 heteroatoms. The first-order valence-corrected chi connectivity index (χ1v) is 10.7. The molecule has 1 aromatic carbocycles. The third kappa shape index (κ3) is 4.34. The molecule has 0 spiro atoms. The van der Waals surface area contributed by atoms with Gasteiger partial charge in [0.25, 0.3) is 11.5 Å². The van der Waals surface area contributed by atoms with Crippen molar-refractivity contribution in [1.82, 2.24) is 9.55 Å². The summed E-state index contributed by atoms with van der Waals surface area (Å²) < 4.78 is 1.27. The van der Waals surface area contributed by atoms with Gasteiger partial charge >= 0.3 is 5.69 Å². The summed E-state index contributed by atoms with van der Waals surface area (Å²) >= 11 is 0. The molecule has 3 N–H and O–H groups in total. The summed E-state index contributed by atoms with van der Waals surface area (Å²) in [5.74, 6) is -1.10. The van der Waals surface area contributed by atoms with Gasteiger partial charge in [-0.25, -0.2) is 4.79 Å². The van der Waals surface area contributed by atoms with Crippen molar-refractivity contribution in [3.8, 4) is 0 Å². The number of H-pyrrole nitrogens is 1. The zero-order valence-electron chi connectivity index (χ0n) is 18.2. The molecule has 1 fully saturated rings. The molecule has 1 aliphatic rings. The summed E-state index contributed by atoms with van der Waals surface area (Å²) in [6.45, 7) is 4.35. The lowest BCUT2D eigenvalue weighted by Gasteiger charge is -2.24. The molecule has 0 bridgehead atoms. The van der Waals surface area contributed by atoms with Crippen LogP contribution < -0.4 is 26.8 Å². The highest BCUT2D eigenvalue weighted by Crippen LogP contribution is 2.25. The van der Waals surface area contributed by atoms with E-state index in [4.69, 9.17) is 5.73 Å². The first-order chi connectivity index (χ1) is 15.3. The highest BCUT2D eigenvalue weighted by atomic mass is 16.2. The number of hydrogen-bond donors (Lipinski definition) is 2. The summed E-state index contributed by atoms with van der Waals surface area (Å²) in [5, 5.41) is 0. The maximum absolute atomic E-state index is 13.3. The Balaban J connectivity index is 1.98. The Bertz CT molecular complexity index is 1130. The first-order valence-electron chi connectivity index (χ1n) is 10.7. The van der Waals surface area contributed by atoms with E-state index in [2.05, 4.69) is 4.98 Å². The Morgan fingerprint density at radius 3 is 2.22 bits per heavy atom. The largest absolute Gasteiger partial charge is 0.383 e. The van der Waals surface area contributed by atoms with E-state index >= 15 is 0 Å². The van der Waals surface area contributed by atoms with Crippen LogP contribution in [-0.4, -0.2) is 33.8 Å². The van der Waals surface area contributed by atoms with Crippen LogP contribution >= 0.6 is 0 Å². The van der Waals surface area contributed by atoms with Crippen LogP contribution in [0.1, 0.15) is 56.3 Å². The molecule has 2 aromatic rings. The molecule has 3 rings (SSSR count). The van der Waals surface area contributed by atoms with Crippen molar-refractivity contribution in [3.63, 3.8) is 0 Å². The Hall–Kier alpha value is -3.69. The molecule has 170 valence electrons. The SMILES string of the molecule is CCCCn1c(N)c(N(CCC)C(=O)c2ccc(N3C(=O)CCC3=O)cc2)c(=O)[nH]c1=O. The van der Waals surface area contributed by atoms with Gasteiger partial charge in [-0.2, -0.15) is 0 Å².